The van der Waals surface area contributed by atoms with Gasteiger partial charge in [0.15, 0.2) is 17.3 Å². The van der Waals surface area contributed by atoms with E-state index in [9.17, 15) is 9.18 Å². The molecule has 1 saturated carbocycles. The number of nitrogens with zero attached hydrogens (tertiary/aromatic N) is 1. The van der Waals surface area contributed by atoms with Crippen molar-refractivity contribution in [1.82, 2.24) is 4.98 Å². The predicted molar refractivity (Wildman–Crippen MR) is 98.1 cm³/mol. The summed E-state index contributed by atoms with van der Waals surface area (Å²) >= 11 is 11.9. The zero-order valence-electron chi connectivity index (χ0n) is 14.2. The summed E-state index contributed by atoms with van der Waals surface area (Å²) in [5, 5.41) is 0.635. The van der Waals surface area contributed by atoms with Crippen LogP contribution in [0.1, 0.15) is 41.7 Å². The molecule has 1 aromatic carbocycles. The molecule has 0 amide bonds. The lowest BCUT2D eigenvalue weighted by molar-refractivity contribution is 0.0987. The van der Waals surface area contributed by atoms with Gasteiger partial charge in [-0.2, -0.15) is 0 Å². The summed E-state index contributed by atoms with van der Waals surface area (Å²) in [6, 6.07) is 4.07. The highest BCUT2D eigenvalue weighted by molar-refractivity contribution is 6.34. The third-order valence-corrected chi connectivity index (χ3v) is 4.90. The van der Waals surface area contributed by atoms with E-state index < -0.39 is 11.6 Å². The SMILES string of the molecule is COc1cc(F)c(C(=O)Cc2ncc(Cl)cc2Cl)cc1OC1CCCC1. The summed E-state index contributed by atoms with van der Waals surface area (Å²) < 4.78 is 25.5. The Kier molecular flexibility index (Phi) is 5.99. The van der Waals surface area contributed by atoms with E-state index in [0.717, 1.165) is 25.7 Å². The Bertz CT molecular complexity index is 823. The molecule has 1 aliphatic carbocycles. The molecule has 0 N–H and O–H groups in total. The molecule has 3 rings (SSSR count). The van der Waals surface area contributed by atoms with Crippen molar-refractivity contribution in [3.63, 3.8) is 0 Å². The molecule has 0 spiro atoms. The van der Waals surface area contributed by atoms with Gasteiger partial charge in [-0.25, -0.2) is 4.39 Å². The Labute approximate surface area is 161 Å². The number of hydrogen-bond donors (Lipinski definition) is 0. The molecule has 0 radical (unpaired) electrons. The minimum Gasteiger partial charge on any atom is -0.493 e. The number of methoxy groups -OCH3 is 1. The Morgan fingerprint density at radius 3 is 2.62 bits per heavy atom. The maximum Gasteiger partial charge on any atom is 0.171 e. The van der Waals surface area contributed by atoms with Crippen molar-refractivity contribution in [2.45, 2.75) is 38.2 Å². The monoisotopic (exact) mass is 397 g/mol. The number of hydrogen-bond acceptors (Lipinski definition) is 4. The van der Waals surface area contributed by atoms with Crippen LogP contribution in [0.25, 0.3) is 0 Å². The van der Waals surface area contributed by atoms with Gasteiger partial charge in [0, 0.05) is 12.3 Å². The largest absolute Gasteiger partial charge is 0.493 e. The third kappa shape index (κ3) is 4.27. The summed E-state index contributed by atoms with van der Waals surface area (Å²) in [5.41, 5.74) is 0.265. The molecule has 1 aromatic heterocycles. The Morgan fingerprint density at radius 1 is 1.23 bits per heavy atom. The lowest BCUT2D eigenvalue weighted by atomic mass is 10.0. The molecule has 1 heterocycles. The summed E-state index contributed by atoms with van der Waals surface area (Å²) in [7, 11) is 1.44. The molecular formula is C19H18Cl2FNO3. The van der Waals surface area contributed by atoms with Gasteiger partial charge < -0.3 is 9.47 Å². The van der Waals surface area contributed by atoms with Gasteiger partial charge in [-0.3, -0.25) is 9.78 Å². The van der Waals surface area contributed by atoms with Crippen molar-refractivity contribution >= 4 is 29.0 Å². The van der Waals surface area contributed by atoms with Gasteiger partial charge in [0.05, 0.1) is 40.9 Å². The minimum atomic E-state index is -0.671. The first-order valence-electron chi connectivity index (χ1n) is 8.35. The number of halogens is 3. The van der Waals surface area contributed by atoms with Gasteiger partial charge >= 0.3 is 0 Å². The Morgan fingerprint density at radius 2 is 1.96 bits per heavy atom. The molecule has 0 saturated heterocycles. The van der Waals surface area contributed by atoms with Crippen LogP contribution < -0.4 is 9.47 Å². The van der Waals surface area contributed by atoms with Gasteiger partial charge in [-0.1, -0.05) is 23.2 Å². The molecular weight excluding hydrogens is 380 g/mol. The van der Waals surface area contributed by atoms with E-state index in [1.165, 1.54) is 31.5 Å². The first kappa shape index (κ1) is 18.9. The fourth-order valence-electron chi connectivity index (χ4n) is 3.01. The van der Waals surface area contributed by atoms with Crippen LogP contribution in [0.5, 0.6) is 11.5 Å². The number of carbonyl (C=O) groups is 1. The van der Waals surface area contributed by atoms with E-state index in [1.54, 1.807) is 0 Å². The first-order valence-corrected chi connectivity index (χ1v) is 9.11. The fourth-order valence-corrected chi connectivity index (χ4v) is 3.45. The number of pyridine rings is 1. The molecule has 138 valence electrons. The van der Waals surface area contributed by atoms with Gasteiger partial charge in [-0.05, 0) is 37.8 Å². The second-order valence-electron chi connectivity index (χ2n) is 6.19. The number of ether oxygens (including phenoxy) is 2. The average Bonchev–Trinajstić information content (AvgIpc) is 3.11. The summed E-state index contributed by atoms with van der Waals surface area (Å²) in [5.74, 6) is -0.471. The molecule has 0 atom stereocenters. The highest BCUT2D eigenvalue weighted by atomic mass is 35.5. The number of Topliss-reactive ketones (excluding diaryl/α,β-unsaturated/α-hetero) is 1. The van der Waals surface area contributed by atoms with Crippen LogP contribution in [0.2, 0.25) is 10.0 Å². The molecule has 0 bridgehead atoms. The fraction of sp³-hybridized carbons (Fsp3) is 0.368. The molecule has 4 nitrogen and oxygen atoms in total. The van der Waals surface area contributed by atoms with Crippen molar-refractivity contribution in [3.05, 3.63) is 51.5 Å². The van der Waals surface area contributed by atoms with E-state index >= 15 is 0 Å². The number of benzene rings is 1. The second kappa shape index (κ2) is 8.23. The zero-order valence-corrected chi connectivity index (χ0v) is 15.7. The maximum atomic E-state index is 14.4. The lowest BCUT2D eigenvalue weighted by Crippen LogP contribution is -2.14. The van der Waals surface area contributed by atoms with E-state index in [0.29, 0.717) is 16.5 Å². The van der Waals surface area contributed by atoms with E-state index in [1.807, 2.05) is 0 Å². The van der Waals surface area contributed by atoms with Crippen LogP contribution in [0.4, 0.5) is 4.39 Å². The first-order chi connectivity index (χ1) is 12.5. The van der Waals surface area contributed by atoms with Gasteiger partial charge in [0.2, 0.25) is 0 Å². The quantitative estimate of drug-likeness (QED) is 0.621. The minimum absolute atomic E-state index is 0.0599. The highest BCUT2D eigenvalue weighted by Crippen LogP contribution is 2.34. The van der Waals surface area contributed by atoms with Crippen molar-refractivity contribution < 1.29 is 18.7 Å². The van der Waals surface area contributed by atoms with Crippen LogP contribution in [0, 0.1) is 5.82 Å². The molecule has 26 heavy (non-hydrogen) atoms. The smallest absolute Gasteiger partial charge is 0.171 e. The van der Waals surface area contributed by atoms with Gasteiger partial charge in [0.25, 0.3) is 0 Å². The van der Waals surface area contributed by atoms with Crippen LogP contribution in [-0.4, -0.2) is 24.0 Å². The number of rotatable bonds is 6. The van der Waals surface area contributed by atoms with E-state index in [4.69, 9.17) is 32.7 Å². The standard InChI is InChI=1S/C19H18Cl2FNO3/c1-25-18-8-15(22)13(7-19(18)26-12-4-2-3-5-12)17(24)9-16-14(21)6-11(20)10-23-16/h6-8,10,12H,2-5,9H2,1H3. The van der Waals surface area contributed by atoms with Gasteiger partial charge in [0.1, 0.15) is 5.82 Å². The molecule has 2 aromatic rings. The van der Waals surface area contributed by atoms with Crippen molar-refractivity contribution in [2.24, 2.45) is 0 Å². The summed E-state index contributed by atoms with van der Waals surface area (Å²) in [6.07, 6.45) is 5.39. The number of ketones is 1. The Hall–Kier alpha value is -1.85. The normalized spacial score (nSPS) is 14.5. The molecule has 7 heteroatoms. The molecule has 1 fully saturated rings. The average molecular weight is 398 g/mol. The van der Waals surface area contributed by atoms with Crippen molar-refractivity contribution in [3.8, 4) is 11.5 Å². The summed E-state index contributed by atoms with van der Waals surface area (Å²) in [4.78, 5) is 16.6. The topological polar surface area (TPSA) is 48.4 Å². The molecule has 1 aliphatic rings. The number of carbonyl (C=O) groups excluding carboxylic acids is 1. The lowest BCUT2D eigenvalue weighted by Gasteiger charge is -2.17. The second-order valence-corrected chi connectivity index (χ2v) is 7.03. The molecule has 0 aliphatic heterocycles. The third-order valence-electron chi connectivity index (χ3n) is 4.36. The maximum absolute atomic E-state index is 14.4. The van der Waals surface area contributed by atoms with Crippen LogP contribution in [-0.2, 0) is 6.42 Å². The van der Waals surface area contributed by atoms with E-state index in [-0.39, 0.29) is 28.9 Å². The van der Waals surface area contributed by atoms with E-state index in [2.05, 4.69) is 4.98 Å². The Balaban J connectivity index is 1.86. The predicted octanol–water partition coefficient (Wildman–Crippen LogP) is 5.28. The van der Waals surface area contributed by atoms with Crippen molar-refractivity contribution in [1.29, 1.82) is 0 Å². The van der Waals surface area contributed by atoms with Crippen molar-refractivity contribution in [2.75, 3.05) is 7.11 Å². The zero-order chi connectivity index (χ0) is 18.7. The van der Waals surface area contributed by atoms with Crippen LogP contribution in [0.15, 0.2) is 24.4 Å². The summed E-state index contributed by atoms with van der Waals surface area (Å²) in [6.45, 7) is 0. The van der Waals surface area contributed by atoms with Gasteiger partial charge in [-0.15, -0.1) is 0 Å². The highest BCUT2D eigenvalue weighted by Gasteiger charge is 2.22. The van der Waals surface area contributed by atoms with Crippen LogP contribution >= 0.6 is 23.2 Å². The number of aromatic nitrogens is 1. The molecule has 0 unspecified atom stereocenters. The van der Waals surface area contributed by atoms with Crippen LogP contribution in [0.3, 0.4) is 0 Å².